The smallest absolute Gasteiger partial charge is 0.353 e. The van der Waals surface area contributed by atoms with Crippen LogP contribution < -0.4 is 10.6 Å². The minimum atomic E-state index is -4.48. The summed E-state index contributed by atoms with van der Waals surface area (Å²) in [7, 11) is 4.22. The molecular formula is C28H36F3N3O2. The van der Waals surface area contributed by atoms with Crippen molar-refractivity contribution in [3.05, 3.63) is 70.8 Å². The van der Waals surface area contributed by atoms with E-state index in [1.807, 2.05) is 0 Å². The van der Waals surface area contributed by atoms with Crippen LogP contribution in [0.3, 0.4) is 0 Å². The number of carbonyl (C=O) groups is 2. The van der Waals surface area contributed by atoms with E-state index in [4.69, 9.17) is 0 Å². The predicted octanol–water partition coefficient (Wildman–Crippen LogP) is 5.01. The summed E-state index contributed by atoms with van der Waals surface area (Å²) in [5.41, 5.74) is 1.84. The van der Waals surface area contributed by atoms with E-state index in [0.29, 0.717) is 0 Å². The maximum atomic E-state index is 13.1. The number of nitrogens with zero attached hydrogens (tertiary/aromatic N) is 1. The molecule has 1 aliphatic rings. The summed E-state index contributed by atoms with van der Waals surface area (Å²) in [5, 5.41) is 5.54. The number of likely N-dealkylation sites (N-methyl/N-ethyl adjacent to an activating group) is 1. The summed E-state index contributed by atoms with van der Waals surface area (Å²) >= 11 is 0. The molecule has 1 fully saturated rings. The van der Waals surface area contributed by atoms with Gasteiger partial charge < -0.3 is 15.5 Å². The number of aryl methyl sites for hydroxylation is 1. The Morgan fingerprint density at radius 1 is 1.00 bits per heavy atom. The molecule has 0 bridgehead atoms. The molecule has 5 nitrogen and oxygen atoms in total. The van der Waals surface area contributed by atoms with Gasteiger partial charge in [-0.1, -0.05) is 48.0 Å². The minimum absolute atomic E-state index is 0.0000426. The van der Waals surface area contributed by atoms with Gasteiger partial charge in [0.15, 0.2) is 0 Å². The van der Waals surface area contributed by atoms with E-state index in [9.17, 15) is 22.8 Å². The first kappa shape index (κ1) is 27.7. The van der Waals surface area contributed by atoms with E-state index in [1.54, 1.807) is 0 Å². The fourth-order valence-electron chi connectivity index (χ4n) is 5.04. The number of carbonyl (C=O) groups excluding carboxylic acids is 2. The minimum Gasteiger partial charge on any atom is -0.353 e. The Kier molecular flexibility index (Phi) is 9.17. The molecule has 0 radical (unpaired) electrons. The van der Waals surface area contributed by atoms with Crippen LogP contribution in [0.1, 0.15) is 60.8 Å². The summed E-state index contributed by atoms with van der Waals surface area (Å²) < 4.78 is 39.3. The third-order valence-electron chi connectivity index (χ3n) is 7.22. The Bertz CT molecular complexity index is 1040. The van der Waals surface area contributed by atoms with Crippen molar-refractivity contribution in [2.45, 2.75) is 76.2 Å². The molecule has 0 heterocycles. The molecule has 1 saturated carbocycles. The summed E-state index contributed by atoms with van der Waals surface area (Å²) in [5.74, 6) is -0.655. The van der Waals surface area contributed by atoms with Crippen LogP contribution in [0.25, 0.3) is 0 Å². The molecule has 2 aromatic carbocycles. The van der Waals surface area contributed by atoms with Crippen LogP contribution in [-0.2, 0) is 28.7 Å². The Balaban J connectivity index is 1.44. The second-order valence-electron chi connectivity index (χ2n) is 10.1. The molecule has 8 heteroatoms. The van der Waals surface area contributed by atoms with Gasteiger partial charge in [-0.15, -0.1) is 0 Å². The lowest BCUT2D eigenvalue weighted by Gasteiger charge is -2.45. The average molecular weight is 504 g/mol. The SMILES string of the molecule is Cc1cccc(CC2(N(C)C)CCC(NC(=O)CCC(=O)NCc3ccccc3C(F)(F)F)CC2)c1. The number of alkyl halides is 3. The van der Waals surface area contributed by atoms with Crippen molar-refractivity contribution in [2.24, 2.45) is 0 Å². The zero-order valence-electron chi connectivity index (χ0n) is 21.3. The quantitative estimate of drug-likeness (QED) is 0.506. The van der Waals surface area contributed by atoms with E-state index in [-0.39, 0.29) is 42.4 Å². The highest BCUT2D eigenvalue weighted by Crippen LogP contribution is 2.36. The van der Waals surface area contributed by atoms with Gasteiger partial charge in [0.2, 0.25) is 11.8 Å². The molecule has 2 amide bonds. The Hall–Kier alpha value is -2.87. The fourth-order valence-corrected chi connectivity index (χ4v) is 5.04. The highest BCUT2D eigenvalue weighted by Gasteiger charge is 2.37. The molecule has 0 atom stereocenters. The topological polar surface area (TPSA) is 61.4 Å². The van der Waals surface area contributed by atoms with Gasteiger partial charge in [-0.25, -0.2) is 0 Å². The van der Waals surface area contributed by atoms with Crippen molar-refractivity contribution >= 4 is 11.8 Å². The Morgan fingerprint density at radius 2 is 1.67 bits per heavy atom. The predicted molar refractivity (Wildman–Crippen MR) is 134 cm³/mol. The van der Waals surface area contributed by atoms with Crippen LogP contribution in [0.5, 0.6) is 0 Å². The summed E-state index contributed by atoms with van der Waals surface area (Å²) in [6.45, 7) is 1.87. The van der Waals surface area contributed by atoms with Crippen molar-refractivity contribution in [2.75, 3.05) is 14.1 Å². The van der Waals surface area contributed by atoms with Crippen molar-refractivity contribution < 1.29 is 22.8 Å². The van der Waals surface area contributed by atoms with Crippen LogP contribution in [0.4, 0.5) is 13.2 Å². The number of nitrogens with one attached hydrogen (secondary N) is 2. The van der Waals surface area contributed by atoms with Crippen LogP contribution in [0, 0.1) is 6.92 Å². The fraction of sp³-hybridized carbons (Fsp3) is 0.500. The van der Waals surface area contributed by atoms with Crippen molar-refractivity contribution in [3.8, 4) is 0 Å². The third-order valence-corrected chi connectivity index (χ3v) is 7.22. The molecule has 2 aromatic rings. The van der Waals surface area contributed by atoms with Crippen LogP contribution in [0.2, 0.25) is 0 Å². The van der Waals surface area contributed by atoms with E-state index in [2.05, 4.69) is 60.8 Å². The normalized spacial score (nSPS) is 20.2. The standard InChI is InChI=1S/C28H36F3N3O2/c1-20-7-6-8-21(17-20)18-27(34(2)3)15-13-23(14-16-27)33-26(36)12-11-25(35)32-19-22-9-4-5-10-24(22)28(29,30)31/h4-10,17,23H,11-16,18-19H2,1-3H3,(H,32,35)(H,33,36). The van der Waals surface area contributed by atoms with Gasteiger partial charge in [-0.2, -0.15) is 13.2 Å². The molecule has 0 aromatic heterocycles. The van der Waals surface area contributed by atoms with E-state index in [0.717, 1.165) is 38.2 Å². The van der Waals surface area contributed by atoms with Crippen LogP contribution in [-0.4, -0.2) is 42.4 Å². The zero-order chi connectivity index (χ0) is 26.3. The van der Waals surface area contributed by atoms with E-state index < -0.39 is 17.6 Å². The molecule has 196 valence electrons. The molecule has 0 unspecified atom stereocenters. The van der Waals surface area contributed by atoms with Gasteiger partial charge in [-0.05, 0) is 70.3 Å². The summed E-state index contributed by atoms with van der Waals surface area (Å²) in [6, 6.07) is 13.8. The van der Waals surface area contributed by atoms with Gasteiger partial charge in [-0.3, -0.25) is 9.59 Å². The van der Waals surface area contributed by atoms with Crippen molar-refractivity contribution in [3.63, 3.8) is 0 Å². The second kappa shape index (κ2) is 11.9. The van der Waals surface area contributed by atoms with Crippen LogP contribution >= 0.6 is 0 Å². The molecular weight excluding hydrogens is 467 g/mol. The molecule has 3 rings (SSSR count). The van der Waals surface area contributed by atoms with Crippen LogP contribution in [0.15, 0.2) is 48.5 Å². The molecule has 0 saturated heterocycles. The number of hydrogen-bond donors (Lipinski definition) is 2. The number of amides is 2. The van der Waals surface area contributed by atoms with Gasteiger partial charge >= 0.3 is 6.18 Å². The first-order valence-electron chi connectivity index (χ1n) is 12.4. The number of hydrogen-bond acceptors (Lipinski definition) is 3. The Morgan fingerprint density at radius 3 is 2.31 bits per heavy atom. The lowest BCUT2D eigenvalue weighted by molar-refractivity contribution is -0.138. The van der Waals surface area contributed by atoms with E-state index >= 15 is 0 Å². The molecule has 0 aliphatic heterocycles. The van der Waals surface area contributed by atoms with Gasteiger partial charge in [0, 0.05) is 31.0 Å². The lowest BCUT2D eigenvalue weighted by Crippen LogP contribution is -2.52. The maximum absolute atomic E-state index is 13.1. The second-order valence-corrected chi connectivity index (χ2v) is 10.1. The van der Waals surface area contributed by atoms with Gasteiger partial charge in [0.1, 0.15) is 0 Å². The highest BCUT2D eigenvalue weighted by molar-refractivity contribution is 5.83. The monoisotopic (exact) mass is 503 g/mol. The number of halogens is 3. The average Bonchev–Trinajstić information content (AvgIpc) is 2.82. The van der Waals surface area contributed by atoms with Crippen molar-refractivity contribution in [1.82, 2.24) is 15.5 Å². The molecule has 1 aliphatic carbocycles. The highest BCUT2D eigenvalue weighted by atomic mass is 19.4. The molecule has 36 heavy (non-hydrogen) atoms. The lowest BCUT2D eigenvalue weighted by atomic mass is 9.74. The molecule has 2 N–H and O–H groups in total. The summed E-state index contributed by atoms with van der Waals surface area (Å²) in [6.07, 6.45) is 0.0425. The first-order chi connectivity index (χ1) is 17.0. The third kappa shape index (κ3) is 7.56. The van der Waals surface area contributed by atoms with Crippen molar-refractivity contribution in [1.29, 1.82) is 0 Å². The first-order valence-corrected chi connectivity index (χ1v) is 12.4. The Labute approximate surface area is 211 Å². The largest absolute Gasteiger partial charge is 0.416 e. The van der Waals surface area contributed by atoms with Gasteiger partial charge in [0.25, 0.3) is 0 Å². The van der Waals surface area contributed by atoms with Gasteiger partial charge in [0.05, 0.1) is 5.56 Å². The number of benzene rings is 2. The number of rotatable bonds is 9. The summed E-state index contributed by atoms with van der Waals surface area (Å²) in [4.78, 5) is 26.9. The zero-order valence-corrected chi connectivity index (χ0v) is 21.3. The molecule has 0 spiro atoms. The van der Waals surface area contributed by atoms with E-state index in [1.165, 1.54) is 29.3 Å². The maximum Gasteiger partial charge on any atom is 0.416 e.